The number of amides is 1. The predicted octanol–water partition coefficient (Wildman–Crippen LogP) is 1.93. The van der Waals surface area contributed by atoms with Gasteiger partial charge in [0.15, 0.2) is 5.03 Å². The summed E-state index contributed by atoms with van der Waals surface area (Å²) >= 11 is 0. The second-order valence-electron chi connectivity index (χ2n) is 6.86. The van der Waals surface area contributed by atoms with E-state index in [9.17, 15) is 18.0 Å². The minimum Gasteiger partial charge on any atom is -0.442 e. The van der Waals surface area contributed by atoms with E-state index in [1.165, 1.54) is 36.3 Å². The van der Waals surface area contributed by atoms with Crippen LogP contribution < -0.4 is 15.6 Å². The van der Waals surface area contributed by atoms with Gasteiger partial charge in [0.05, 0.1) is 17.4 Å². The number of carbonyl (C=O) groups is 1. The molecule has 162 valence electrons. The maximum Gasteiger partial charge on any atom is 0.265 e. The third kappa shape index (κ3) is 4.53. The molecule has 0 atom stereocenters. The maximum atomic E-state index is 12.8. The fraction of sp³-hybridized carbons (Fsp3) is 0.333. The second kappa shape index (κ2) is 8.94. The van der Waals surface area contributed by atoms with Gasteiger partial charge in [0.25, 0.3) is 21.5 Å². The third-order valence-electron chi connectivity index (χ3n) is 4.18. The number of halogens is 1. The summed E-state index contributed by atoms with van der Waals surface area (Å²) < 4.78 is 32.6. The summed E-state index contributed by atoms with van der Waals surface area (Å²) in [6, 6.07) is 2.67. The van der Waals surface area contributed by atoms with E-state index in [2.05, 4.69) is 20.0 Å². The number of carbonyl (C=O) groups excluding carboxylic acids is 1. The molecule has 3 heterocycles. The number of aromatic nitrogens is 3. The lowest BCUT2D eigenvalue weighted by Gasteiger charge is -2.08. The summed E-state index contributed by atoms with van der Waals surface area (Å²) in [5, 5.41) is 2.53. The van der Waals surface area contributed by atoms with Crippen LogP contribution in [0.1, 0.15) is 30.0 Å². The Morgan fingerprint density at radius 3 is 2.53 bits per heavy atom. The van der Waals surface area contributed by atoms with Gasteiger partial charge in [-0.2, -0.15) is 0 Å². The molecule has 0 aromatic carbocycles. The molecule has 0 saturated heterocycles. The van der Waals surface area contributed by atoms with Crippen molar-refractivity contribution >= 4 is 45.1 Å². The Hall–Kier alpha value is -2.76. The van der Waals surface area contributed by atoms with Crippen molar-refractivity contribution in [2.45, 2.75) is 32.3 Å². The molecule has 0 spiro atoms. The Balaban J connectivity index is 0.00000320. The van der Waals surface area contributed by atoms with Crippen LogP contribution in [0.3, 0.4) is 0 Å². The molecule has 0 aliphatic rings. The molecule has 12 heteroatoms. The summed E-state index contributed by atoms with van der Waals surface area (Å²) in [5.41, 5.74) is 0.0817. The average molecular weight is 456 g/mol. The van der Waals surface area contributed by atoms with E-state index in [-0.39, 0.29) is 57.0 Å². The standard InChI is InChI=1S/C18H21N5O5S.ClH/c1-10(2)8-23-9-21-17-15(18(23)25)14(11(3)28-17)16(24)22-12-5-6-13(20-7-12)29(26,27)19-4;/h5-7,9-10,19H,8H2,1-4H3,(H,22,24);1H. The van der Waals surface area contributed by atoms with Crippen molar-refractivity contribution < 1.29 is 17.6 Å². The van der Waals surface area contributed by atoms with E-state index < -0.39 is 15.9 Å². The Morgan fingerprint density at radius 1 is 1.27 bits per heavy atom. The monoisotopic (exact) mass is 455 g/mol. The van der Waals surface area contributed by atoms with E-state index >= 15 is 0 Å². The predicted molar refractivity (Wildman–Crippen MR) is 114 cm³/mol. The number of sulfonamides is 1. The van der Waals surface area contributed by atoms with Crippen LogP contribution in [-0.2, 0) is 16.6 Å². The van der Waals surface area contributed by atoms with Gasteiger partial charge < -0.3 is 9.73 Å². The summed E-state index contributed by atoms with van der Waals surface area (Å²) in [7, 11) is -2.41. The normalized spacial score (nSPS) is 11.5. The van der Waals surface area contributed by atoms with E-state index in [0.29, 0.717) is 6.54 Å². The van der Waals surface area contributed by atoms with Gasteiger partial charge in [0.2, 0.25) is 5.71 Å². The zero-order valence-corrected chi connectivity index (χ0v) is 18.4. The molecule has 0 saturated carbocycles. The fourth-order valence-electron chi connectivity index (χ4n) is 2.85. The van der Waals surface area contributed by atoms with Crippen LogP contribution in [-0.4, -0.2) is 35.9 Å². The summed E-state index contributed by atoms with van der Waals surface area (Å²) in [6.45, 7) is 5.97. The molecule has 2 N–H and O–H groups in total. The minimum absolute atomic E-state index is 0. The molecule has 10 nitrogen and oxygen atoms in total. The van der Waals surface area contributed by atoms with E-state index in [0.717, 1.165) is 0 Å². The van der Waals surface area contributed by atoms with Crippen LogP contribution >= 0.6 is 12.4 Å². The Kier molecular flexibility index (Phi) is 7.01. The van der Waals surface area contributed by atoms with Gasteiger partial charge in [-0.05, 0) is 32.0 Å². The number of hydrogen-bond acceptors (Lipinski definition) is 7. The summed E-state index contributed by atoms with van der Waals surface area (Å²) in [5.74, 6) is -0.101. The van der Waals surface area contributed by atoms with Crippen molar-refractivity contribution in [3.05, 3.63) is 46.3 Å². The van der Waals surface area contributed by atoms with Crippen LogP contribution in [0.2, 0.25) is 0 Å². The molecule has 0 aliphatic carbocycles. The summed E-state index contributed by atoms with van der Waals surface area (Å²) in [4.78, 5) is 33.7. The Morgan fingerprint density at radius 2 is 1.97 bits per heavy atom. The molecule has 0 bridgehead atoms. The molecule has 30 heavy (non-hydrogen) atoms. The molecule has 0 fully saturated rings. The number of pyridine rings is 1. The zero-order valence-electron chi connectivity index (χ0n) is 16.8. The quantitative estimate of drug-likeness (QED) is 0.579. The van der Waals surface area contributed by atoms with Crippen molar-refractivity contribution in [1.29, 1.82) is 0 Å². The SMILES string of the molecule is CNS(=O)(=O)c1ccc(NC(=O)c2c(C)oc3ncn(CC(C)C)c(=O)c23)cn1.Cl. The van der Waals surface area contributed by atoms with Gasteiger partial charge in [0.1, 0.15) is 17.5 Å². The number of nitrogens with one attached hydrogen (secondary N) is 2. The molecule has 1 amide bonds. The lowest BCUT2D eigenvalue weighted by Crippen LogP contribution is -2.24. The number of nitrogens with zero attached hydrogens (tertiary/aromatic N) is 3. The third-order valence-corrected chi connectivity index (χ3v) is 5.51. The van der Waals surface area contributed by atoms with Crippen LogP contribution in [0, 0.1) is 12.8 Å². The fourth-order valence-corrected chi connectivity index (χ4v) is 3.49. The first-order valence-corrected chi connectivity index (χ1v) is 10.3. The van der Waals surface area contributed by atoms with Gasteiger partial charge in [-0.1, -0.05) is 13.8 Å². The second-order valence-corrected chi connectivity index (χ2v) is 8.69. The molecule has 3 aromatic heterocycles. The van der Waals surface area contributed by atoms with Gasteiger partial charge in [-0.15, -0.1) is 12.4 Å². The average Bonchev–Trinajstić information content (AvgIpc) is 3.01. The number of furan rings is 1. The first-order chi connectivity index (χ1) is 13.6. The topological polar surface area (TPSA) is 136 Å². The van der Waals surface area contributed by atoms with Crippen molar-refractivity contribution in [2.75, 3.05) is 12.4 Å². The van der Waals surface area contributed by atoms with Crippen LogP contribution in [0.15, 0.2) is 38.9 Å². The lowest BCUT2D eigenvalue weighted by molar-refractivity contribution is 0.102. The first-order valence-electron chi connectivity index (χ1n) is 8.83. The maximum absolute atomic E-state index is 12.8. The van der Waals surface area contributed by atoms with Gasteiger partial charge in [-0.3, -0.25) is 14.2 Å². The van der Waals surface area contributed by atoms with Crippen molar-refractivity contribution in [3.63, 3.8) is 0 Å². The number of anilines is 1. The highest BCUT2D eigenvalue weighted by Crippen LogP contribution is 2.22. The molecule has 3 rings (SSSR count). The number of fused-ring (bicyclic) bond motifs is 1. The largest absolute Gasteiger partial charge is 0.442 e. The van der Waals surface area contributed by atoms with Gasteiger partial charge >= 0.3 is 0 Å². The highest BCUT2D eigenvalue weighted by Gasteiger charge is 2.23. The van der Waals surface area contributed by atoms with E-state index in [1.54, 1.807) is 6.92 Å². The molecule has 0 aliphatic heterocycles. The number of rotatable bonds is 6. The van der Waals surface area contributed by atoms with Crippen molar-refractivity contribution in [3.8, 4) is 0 Å². The van der Waals surface area contributed by atoms with Crippen LogP contribution in [0.5, 0.6) is 0 Å². The summed E-state index contributed by atoms with van der Waals surface area (Å²) in [6.07, 6.45) is 2.62. The molecule has 0 radical (unpaired) electrons. The Bertz CT molecular complexity index is 1230. The smallest absolute Gasteiger partial charge is 0.265 e. The lowest BCUT2D eigenvalue weighted by atomic mass is 10.1. The molecule has 0 unspecified atom stereocenters. The molecular formula is C18H22ClN5O5S. The number of hydrogen-bond donors (Lipinski definition) is 2. The minimum atomic E-state index is -3.68. The van der Waals surface area contributed by atoms with Crippen LogP contribution in [0.25, 0.3) is 11.1 Å². The number of aryl methyl sites for hydroxylation is 1. The van der Waals surface area contributed by atoms with Crippen molar-refractivity contribution in [1.82, 2.24) is 19.3 Å². The zero-order chi connectivity index (χ0) is 21.3. The van der Waals surface area contributed by atoms with Gasteiger partial charge in [-0.25, -0.2) is 23.1 Å². The highest BCUT2D eigenvalue weighted by atomic mass is 35.5. The van der Waals surface area contributed by atoms with E-state index in [4.69, 9.17) is 4.42 Å². The first kappa shape index (κ1) is 23.5. The van der Waals surface area contributed by atoms with Crippen molar-refractivity contribution in [2.24, 2.45) is 5.92 Å². The highest BCUT2D eigenvalue weighted by molar-refractivity contribution is 7.89. The van der Waals surface area contributed by atoms with E-state index in [1.807, 2.05) is 13.8 Å². The Labute approximate surface area is 179 Å². The van der Waals surface area contributed by atoms with Gasteiger partial charge in [0, 0.05) is 6.54 Å². The molecule has 3 aromatic rings. The van der Waals surface area contributed by atoms with Crippen LogP contribution in [0.4, 0.5) is 5.69 Å². The molecular weight excluding hydrogens is 434 g/mol.